The fraction of sp³-hybridized carbons (Fsp3) is 0.333. The lowest BCUT2D eigenvalue weighted by atomic mass is 9.95. The Bertz CT molecular complexity index is 1040. The summed E-state index contributed by atoms with van der Waals surface area (Å²) in [6.45, 7) is 6.35. The van der Waals surface area contributed by atoms with E-state index in [2.05, 4.69) is 26.8 Å². The van der Waals surface area contributed by atoms with E-state index in [0.717, 1.165) is 35.0 Å². The highest BCUT2D eigenvalue weighted by atomic mass is 35.5. The Morgan fingerprint density at radius 3 is 2.50 bits per heavy atom. The number of fused-ring (bicyclic) bond motifs is 1. The Morgan fingerprint density at radius 1 is 1.07 bits per heavy atom. The molecule has 0 saturated carbocycles. The molecule has 1 aliphatic rings. The SMILES string of the molecule is Cc1ccccc1-c1cc(C(=O)N2[C@@H](C)CCC[C@@H]2C)c2cccc(Cl)c2n1. The highest BCUT2D eigenvalue weighted by molar-refractivity contribution is 6.35. The molecule has 144 valence electrons. The first kappa shape index (κ1) is 18.9. The number of nitrogens with zero attached hydrogens (tertiary/aromatic N) is 2. The second-order valence-corrected chi connectivity index (χ2v) is 8.25. The minimum Gasteiger partial charge on any atom is -0.333 e. The monoisotopic (exact) mass is 392 g/mol. The first-order valence-electron chi connectivity index (χ1n) is 9.95. The summed E-state index contributed by atoms with van der Waals surface area (Å²) in [5.74, 6) is 0.0733. The fourth-order valence-corrected chi connectivity index (χ4v) is 4.57. The van der Waals surface area contributed by atoms with Crippen LogP contribution in [0.1, 0.15) is 49.0 Å². The molecule has 4 rings (SSSR count). The average Bonchev–Trinajstić information content (AvgIpc) is 2.68. The Hall–Kier alpha value is -2.39. The van der Waals surface area contributed by atoms with Crippen LogP contribution in [0.25, 0.3) is 22.2 Å². The van der Waals surface area contributed by atoms with Gasteiger partial charge in [-0.2, -0.15) is 0 Å². The lowest BCUT2D eigenvalue weighted by Crippen LogP contribution is -2.47. The van der Waals surface area contributed by atoms with E-state index in [1.807, 2.05) is 47.4 Å². The molecule has 0 spiro atoms. The second kappa shape index (κ2) is 7.56. The Labute approximate surface area is 171 Å². The number of halogens is 1. The molecule has 2 heterocycles. The Kier molecular flexibility index (Phi) is 5.11. The van der Waals surface area contributed by atoms with Gasteiger partial charge in [0.05, 0.1) is 21.8 Å². The van der Waals surface area contributed by atoms with Crippen molar-refractivity contribution in [2.45, 2.75) is 52.1 Å². The molecule has 2 atom stereocenters. The number of carbonyl (C=O) groups is 1. The van der Waals surface area contributed by atoms with Gasteiger partial charge < -0.3 is 4.90 Å². The summed E-state index contributed by atoms with van der Waals surface area (Å²) in [7, 11) is 0. The number of benzene rings is 2. The number of rotatable bonds is 2. The van der Waals surface area contributed by atoms with Gasteiger partial charge in [0.15, 0.2) is 0 Å². The second-order valence-electron chi connectivity index (χ2n) is 7.85. The van der Waals surface area contributed by atoms with Crippen molar-refractivity contribution in [2.75, 3.05) is 0 Å². The number of aryl methyl sites for hydroxylation is 1. The maximum Gasteiger partial charge on any atom is 0.255 e. The summed E-state index contributed by atoms with van der Waals surface area (Å²) in [6, 6.07) is 16.2. The van der Waals surface area contributed by atoms with Crippen LogP contribution in [0.2, 0.25) is 5.02 Å². The third-order valence-corrected chi connectivity index (χ3v) is 6.17. The van der Waals surface area contributed by atoms with Gasteiger partial charge in [0.2, 0.25) is 0 Å². The number of pyridine rings is 1. The number of piperidine rings is 1. The van der Waals surface area contributed by atoms with Crippen LogP contribution < -0.4 is 0 Å². The minimum absolute atomic E-state index is 0.0733. The van der Waals surface area contributed by atoms with Crippen molar-refractivity contribution < 1.29 is 4.79 Å². The molecule has 0 bridgehead atoms. The van der Waals surface area contributed by atoms with E-state index in [1.54, 1.807) is 0 Å². The lowest BCUT2D eigenvalue weighted by Gasteiger charge is -2.39. The molecule has 1 aliphatic heterocycles. The predicted octanol–water partition coefficient (Wildman–Crippen LogP) is 6.27. The molecule has 1 saturated heterocycles. The van der Waals surface area contributed by atoms with Crippen LogP contribution in [0.5, 0.6) is 0 Å². The van der Waals surface area contributed by atoms with Gasteiger partial charge >= 0.3 is 0 Å². The van der Waals surface area contributed by atoms with E-state index in [-0.39, 0.29) is 18.0 Å². The number of carbonyl (C=O) groups excluding carboxylic acids is 1. The van der Waals surface area contributed by atoms with Crippen LogP contribution >= 0.6 is 11.6 Å². The van der Waals surface area contributed by atoms with Crippen molar-refractivity contribution in [3.8, 4) is 11.3 Å². The molecule has 1 aromatic heterocycles. The summed E-state index contributed by atoms with van der Waals surface area (Å²) in [6.07, 6.45) is 3.26. The van der Waals surface area contributed by atoms with Crippen LogP contribution in [-0.2, 0) is 0 Å². The zero-order valence-corrected chi connectivity index (χ0v) is 17.3. The van der Waals surface area contributed by atoms with Crippen LogP contribution in [-0.4, -0.2) is 27.9 Å². The number of amides is 1. The van der Waals surface area contributed by atoms with Crippen molar-refractivity contribution in [3.63, 3.8) is 0 Å². The maximum absolute atomic E-state index is 13.7. The van der Waals surface area contributed by atoms with Crippen LogP contribution in [0.15, 0.2) is 48.5 Å². The maximum atomic E-state index is 13.7. The molecule has 2 aromatic carbocycles. The van der Waals surface area contributed by atoms with E-state index in [4.69, 9.17) is 16.6 Å². The average molecular weight is 393 g/mol. The molecule has 1 fully saturated rings. The van der Waals surface area contributed by atoms with Crippen molar-refractivity contribution in [1.29, 1.82) is 0 Å². The first-order valence-corrected chi connectivity index (χ1v) is 10.3. The molecule has 0 unspecified atom stereocenters. The first-order chi connectivity index (χ1) is 13.5. The lowest BCUT2D eigenvalue weighted by molar-refractivity contribution is 0.0513. The zero-order chi connectivity index (χ0) is 19.8. The van der Waals surface area contributed by atoms with E-state index in [1.165, 1.54) is 6.42 Å². The van der Waals surface area contributed by atoms with Crippen molar-refractivity contribution in [2.24, 2.45) is 0 Å². The number of likely N-dealkylation sites (tertiary alicyclic amines) is 1. The van der Waals surface area contributed by atoms with Crippen molar-refractivity contribution in [1.82, 2.24) is 9.88 Å². The third kappa shape index (κ3) is 3.29. The molecule has 28 heavy (non-hydrogen) atoms. The highest BCUT2D eigenvalue weighted by Crippen LogP contribution is 2.33. The van der Waals surface area contributed by atoms with Gasteiger partial charge in [-0.05, 0) is 57.7 Å². The molecule has 4 heteroatoms. The van der Waals surface area contributed by atoms with E-state index in [9.17, 15) is 4.79 Å². The predicted molar refractivity (Wildman–Crippen MR) is 116 cm³/mol. The molecule has 3 aromatic rings. The normalized spacial score (nSPS) is 19.8. The number of hydrogen-bond acceptors (Lipinski definition) is 2. The smallest absolute Gasteiger partial charge is 0.255 e. The molecule has 0 aliphatic carbocycles. The summed E-state index contributed by atoms with van der Waals surface area (Å²) in [5.41, 5.74) is 4.31. The van der Waals surface area contributed by atoms with Gasteiger partial charge in [0, 0.05) is 23.0 Å². The standard InChI is InChI=1S/C24H25ClN2O/c1-15-8-4-5-11-18(15)22-14-20(19-12-7-13-21(25)23(19)26-22)24(28)27-16(2)9-6-10-17(27)3/h4-5,7-8,11-14,16-17H,6,9-10H2,1-3H3/t16-,17-/m0/s1. The van der Waals surface area contributed by atoms with E-state index >= 15 is 0 Å². The molecule has 0 N–H and O–H groups in total. The van der Waals surface area contributed by atoms with Gasteiger partial charge in [-0.25, -0.2) is 4.98 Å². The summed E-state index contributed by atoms with van der Waals surface area (Å²) >= 11 is 6.49. The molecular formula is C24H25ClN2O. The molecule has 3 nitrogen and oxygen atoms in total. The number of aromatic nitrogens is 1. The van der Waals surface area contributed by atoms with Gasteiger partial charge in [-0.1, -0.05) is 48.0 Å². The van der Waals surface area contributed by atoms with Crippen LogP contribution in [0.4, 0.5) is 0 Å². The Balaban J connectivity index is 1.93. The quantitative estimate of drug-likeness (QED) is 0.515. The van der Waals surface area contributed by atoms with Gasteiger partial charge in [-0.15, -0.1) is 0 Å². The summed E-state index contributed by atoms with van der Waals surface area (Å²) in [5, 5.41) is 1.39. The molecule has 1 amide bonds. The fourth-order valence-electron chi connectivity index (χ4n) is 4.35. The summed E-state index contributed by atoms with van der Waals surface area (Å²) < 4.78 is 0. The minimum atomic E-state index is 0.0733. The van der Waals surface area contributed by atoms with E-state index < -0.39 is 0 Å². The highest BCUT2D eigenvalue weighted by Gasteiger charge is 2.31. The Morgan fingerprint density at radius 2 is 1.79 bits per heavy atom. The van der Waals surface area contributed by atoms with Gasteiger partial charge in [-0.3, -0.25) is 4.79 Å². The summed E-state index contributed by atoms with van der Waals surface area (Å²) in [4.78, 5) is 20.5. The van der Waals surface area contributed by atoms with Crippen molar-refractivity contribution >= 4 is 28.4 Å². The number of hydrogen-bond donors (Lipinski definition) is 0. The molecule has 0 radical (unpaired) electrons. The topological polar surface area (TPSA) is 33.2 Å². The molecular weight excluding hydrogens is 368 g/mol. The van der Waals surface area contributed by atoms with Crippen LogP contribution in [0, 0.1) is 6.92 Å². The third-order valence-electron chi connectivity index (χ3n) is 5.87. The number of para-hydroxylation sites is 1. The zero-order valence-electron chi connectivity index (χ0n) is 16.6. The largest absolute Gasteiger partial charge is 0.333 e. The van der Waals surface area contributed by atoms with Crippen molar-refractivity contribution in [3.05, 3.63) is 64.7 Å². The van der Waals surface area contributed by atoms with Crippen LogP contribution in [0.3, 0.4) is 0 Å². The van der Waals surface area contributed by atoms with Gasteiger partial charge in [0.25, 0.3) is 5.91 Å². The van der Waals surface area contributed by atoms with Gasteiger partial charge in [0.1, 0.15) is 0 Å². The van der Waals surface area contributed by atoms with E-state index in [0.29, 0.717) is 16.1 Å².